The fourth-order valence-electron chi connectivity index (χ4n) is 1.05. The van der Waals surface area contributed by atoms with E-state index in [1.807, 2.05) is 0 Å². The monoisotopic (exact) mass is 174 g/mol. The van der Waals surface area contributed by atoms with Gasteiger partial charge in [-0.15, -0.1) is 0 Å². The first-order valence-corrected chi connectivity index (χ1v) is 4.02. The Balaban J connectivity index is 2.50. The number of halogens is 1. The molecule has 0 aromatic heterocycles. The molecule has 0 nitrogen and oxygen atoms in total. The smallest absolute Gasteiger partial charge is 0.0327 e. The third kappa shape index (κ3) is 1.62. The van der Waals surface area contributed by atoms with E-state index >= 15 is 0 Å². The molecule has 0 radical (unpaired) electrons. The molecule has 0 N–H and O–H groups in total. The predicted octanol–water partition coefficient (Wildman–Crippen LogP) is 2.88. The van der Waals surface area contributed by atoms with Crippen LogP contribution in [0.5, 0.6) is 0 Å². The summed E-state index contributed by atoms with van der Waals surface area (Å²) < 4.78 is 0. The first-order chi connectivity index (χ1) is 3.79. The third-order valence-corrected chi connectivity index (χ3v) is 2.24. The Hall–Kier alpha value is 0.220. The van der Waals surface area contributed by atoms with Crippen molar-refractivity contribution in [3.8, 4) is 0 Å². The highest BCUT2D eigenvalue weighted by atomic mass is 79.9. The Morgan fingerprint density at radius 1 is 1.75 bits per heavy atom. The summed E-state index contributed by atoms with van der Waals surface area (Å²) in [6.07, 6.45) is 6.29. The molecule has 0 saturated heterocycles. The zero-order valence-corrected chi connectivity index (χ0v) is 6.74. The van der Waals surface area contributed by atoms with Crippen molar-refractivity contribution in [2.24, 2.45) is 0 Å². The Kier molecular flexibility index (Phi) is 2.12. The molecule has 0 aromatic rings. The topological polar surface area (TPSA) is 0 Å². The molecular formula is C7H11Br. The Morgan fingerprint density at radius 2 is 2.50 bits per heavy atom. The molecule has 0 saturated carbocycles. The summed E-state index contributed by atoms with van der Waals surface area (Å²) in [4.78, 5) is 0.663. The third-order valence-electron chi connectivity index (χ3n) is 1.52. The maximum Gasteiger partial charge on any atom is 0.0327 e. The van der Waals surface area contributed by atoms with Gasteiger partial charge in [-0.3, -0.25) is 0 Å². The molecule has 0 fully saturated rings. The van der Waals surface area contributed by atoms with Crippen LogP contribution in [0.25, 0.3) is 0 Å². The first kappa shape index (κ1) is 6.34. The zero-order chi connectivity index (χ0) is 5.98. The van der Waals surface area contributed by atoms with E-state index < -0.39 is 0 Å². The second-order valence-electron chi connectivity index (χ2n) is 2.42. The van der Waals surface area contributed by atoms with Crippen molar-refractivity contribution in [3.05, 3.63) is 11.6 Å². The van der Waals surface area contributed by atoms with Crippen LogP contribution in [0.3, 0.4) is 0 Å². The van der Waals surface area contributed by atoms with Crippen LogP contribution in [0.2, 0.25) is 0 Å². The summed E-state index contributed by atoms with van der Waals surface area (Å²) in [6.45, 7) is 2.20. The van der Waals surface area contributed by atoms with Crippen LogP contribution >= 0.6 is 15.9 Å². The van der Waals surface area contributed by atoms with E-state index in [9.17, 15) is 0 Å². The van der Waals surface area contributed by atoms with E-state index in [-0.39, 0.29) is 0 Å². The van der Waals surface area contributed by atoms with Gasteiger partial charge in [0.1, 0.15) is 0 Å². The normalized spacial score (nSPS) is 29.8. The summed E-state index contributed by atoms with van der Waals surface area (Å²) >= 11 is 3.55. The van der Waals surface area contributed by atoms with Gasteiger partial charge in [0.2, 0.25) is 0 Å². The van der Waals surface area contributed by atoms with Gasteiger partial charge in [0.25, 0.3) is 0 Å². The molecule has 8 heavy (non-hydrogen) atoms. The second kappa shape index (κ2) is 2.67. The minimum absolute atomic E-state index is 0.663. The van der Waals surface area contributed by atoms with Crippen LogP contribution in [-0.2, 0) is 0 Å². The molecule has 0 bridgehead atoms. The minimum Gasteiger partial charge on any atom is -0.0845 e. The van der Waals surface area contributed by atoms with Crippen molar-refractivity contribution in [1.29, 1.82) is 0 Å². The second-order valence-corrected chi connectivity index (χ2v) is 3.60. The summed E-state index contributed by atoms with van der Waals surface area (Å²) in [6, 6.07) is 0. The number of hydrogen-bond acceptors (Lipinski definition) is 0. The zero-order valence-electron chi connectivity index (χ0n) is 5.15. The lowest BCUT2D eigenvalue weighted by Crippen LogP contribution is -1.99. The number of rotatable bonds is 0. The maximum atomic E-state index is 3.55. The van der Waals surface area contributed by atoms with Gasteiger partial charge >= 0.3 is 0 Å². The van der Waals surface area contributed by atoms with Gasteiger partial charge < -0.3 is 0 Å². The predicted molar refractivity (Wildman–Crippen MR) is 40.3 cm³/mol. The molecule has 1 aliphatic rings. The Labute approximate surface area is 59.1 Å². The van der Waals surface area contributed by atoms with Crippen LogP contribution in [0.15, 0.2) is 11.6 Å². The minimum atomic E-state index is 0.663. The summed E-state index contributed by atoms with van der Waals surface area (Å²) in [5.74, 6) is 0. The largest absolute Gasteiger partial charge is 0.0845 e. The van der Waals surface area contributed by atoms with Crippen molar-refractivity contribution >= 4 is 15.9 Å². The van der Waals surface area contributed by atoms with E-state index in [0.717, 1.165) is 0 Å². The van der Waals surface area contributed by atoms with Gasteiger partial charge in [0.05, 0.1) is 0 Å². The van der Waals surface area contributed by atoms with Crippen LogP contribution in [0.4, 0.5) is 0 Å². The van der Waals surface area contributed by atoms with Crippen LogP contribution < -0.4 is 0 Å². The van der Waals surface area contributed by atoms with Crippen molar-refractivity contribution in [2.45, 2.75) is 31.0 Å². The van der Waals surface area contributed by atoms with Crippen molar-refractivity contribution in [3.63, 3.8) is 0 Å². The summed E-state index contributed by atoms with van der Waals surface area (Å²) in [5.41, 5.74) is 1.54. The quantitative estimate of drug-likeness (QED) is 0.392. The SMILES string of the molecule is CC1=CC(Br)CCC1. The van der Waals surface area contributed by atoms with Crippen molar-refractivity contribution in [2.75, 3.05) is 0 Å². The lowest BCUT2D eigenvalue weighted by molar-refractivity contribution is 0.717. The molecule has 1 rings (SSSR count). The summed E-state index contributed by atoms with van der Waals surface area (Å²) in [7, 11) is 0. The van der Waals surface area contributed by atoms with E-state index in [0.29, 0.717) is 4.83 Å². The van der Waals surface area contributed by atoms with Gasteiger partial charge in [-0.25, -0.2) is 0 Å². The number of hydrogen-bond donors (Lipinski definition) is 0. The molecule has 0 aromatic carbocycles. The molecule has 0 amide bonds. The molecule has 1 atom stereocenters. The summed E-state index contributed by atoms with van der Waals surface area (Å²) in [5, 5.41) is 0. The lowest BCUT2D eigenvalue weighted by Gasteiger charge is -2.12. The van der Waals surface area contributed by atoms with Crippen LogP contribution in [-0.4, -0.2) is 4.83 Å². The van der Waals surface area contributed by atoms with E-state index in [2.05, 4.69) is 28.9 Å². The van der Waals surface area contributed by atoms with Crippen LogP contribution in [0, 0.1) is 0 Å². The molecule has 1 heteroatoms. The van der Waals surface area contributed by atoms with Gasteiger partial charge in [0.15, 0.2) is 0 Å². The van der Waals surface area contributed by atoms with Gasteiger partial charge in [-0.05, 0) is 26.2 Å². The Morgan fingerprint density at radius 3 is 2.88 bits per heavy atom. The highest BCUT2D eigenvalue weighted by Crippen LogP contribution is 2.21. The van der Waals surface area contributed by atoms with Crippen molar-refractivity contribution < 1.29 is 0 Å². The van der Waals surface area contributed by atoms with Gasteiger partial charge in [-0.2, -0.15) is 0 Å². The molecule has 46 valence electrons. The maximum absolute atomic E-state index is 3.55. The fraction of sp³-hybridized carbons (Fsp3) is 0.714. The molecule has 1 aliphatic carbocycles. The van der Waals surface area contributed by atoms with Crippen molar-refractivity contribution in [1.82, 2.24) is 0 Å². The van der Waals surface area contributed by atoms with E-state index in [1.165, 1.54) is 24.8 Å². The highest BCUT2D eigenvalue weighted by Gasteiger charge is 2.05. The number of allylic oxidation sites excluding steroid dienone is 2. The van der Waals surface area contributed by atoms with Crippen LogP contribution in [0.1, 0.15) is 26.2 Å². The molecule has 0 heterocycles. The first-order valence-electron chi connectivity index (χ1n) is 3.10. The standard InChI is InChI=1S/C7H11Br/c1-6-3-2-4-7(8)5-6/h5,7H,2-4H2,1H3. The molecule has 1 unspecified atom stereocenters. The van der Waals surface area contributed by atoms with Gasteiger partial charge in [-0.1, -0.05) is 27.6 Å². The molecular weight excluding hydrogens is 164 g/mol. The Bertz CT molecular complexity index is 105. The average molecular weight is 175 g/mol. The van der Waals surface area contributed by atoms with Gasteiger partial charge in [0, 0.05) is 4.83 Å². The highest BCUT2D eigenvalue weighted by molar-refractivity contribution is 9.09. The lowest BCUT2D eigenvalue weighted by atomic mass is 10.0. The van der Waals surface area contributed by atoms with E-state index in [1.54, 1.807) is 0 Å². The molecule has 0 spiro atoms. The molecule has 0 aliphatic heterocycles. The number of alkyl halides is 1. The van der Waals surface area contributed by atoms with E-state index in [4.69, 9.17) is 0 Å². The average Bonchev–Trinajstić information content (AvgIpc) is 1.64. The fourth-order valence-corrected chi connectivity index (χ4v) is 1.83.